The molecule has 0 N–H and O–H groups in total. The van der Waals surface area contributed by atoms with E-state index in [4.69, 9.17) is 0 Å². The van der Waals surface area contributed by atoms with E-state index in [0.717, 1.165) is 5.92 Å². The first-order chi connectivity index (χ1) is 16.3. The zero-order chi connectivity index (χ0) is 22.5. The minimum Gasteiger partial charge on any atom is -0.0870 e. The van der Waals surface area contributed by atoms with Crippen LogP contribution in [-0.4, -0.2) is 0 Å². The smallest absolute Gasteiger partial charge is 0.0105 e. The van der Waals surface area contributed by atoms with Gasteiger partial charge in [0.2, 0.25) is 0 Å². The van der Waals surface area contributed by atoms with E-state index in [1.807, 2.05) is 0 Å². The van der Waals surface area contributed by atoms with Crippen LogP contribution in [0.1, 0.15) is 61.3 Å². The van der Waals surface area contributed by atoms with Gasteiger partial charge >= 0.3 is 0 Å². The van der Waals surface area contributed by atoms with Gasteiger partial charge < -0.3 is 0 Å². The Morgan fingerprint density at radius 2 is 1.00 bits per heavy atom. The Morgan fingerprint density at radius 1 is 0.545 bits per heavy atom. The lowest BCUT2D eigenvalue weighted by atomic mass is 9.88. The van der Waals surface area contributed by atoms with Crippen molar-refractivity contribution < 1.29 is 0 Å². The fraction of sp³-hybridized carbons (Fsp3) is 0.212. The summed E-state index contributed by atoms with van der Waals surface area (Å²) in [5.41, 5.74) is 10.4. The normalized spacial score (nSPS) is 15.5. The Kier molecular flexibility index (Phi) is 6.53. The van der Waals surface area contributed by atoms with Crippen LogP contribution in [0.15, 0.2) is 84.9 Å². The summed E-state index contributed by atoms with van der Waals surface area (Å²) in [6.07, 6.45) is 20.6. The van der Waals surface area contributed by atoms with Crippen molar-refractivity contribution in [3.63, 3.8) is 0 Å². The average molecular weight is 429 g/mol. The Hall–Kier alpha value is -3.38. The summed E-state index contributed by atoms with van der Waals surface area (Å²) in [6, 6.07) is 26.4. The van der Waals surface area contributed by atoms with Crippen molar-refractivity contribution in [1.29, 1.82) is 0 Å². The molecule has 0 aromatic carbocycles. The van der Waals surface area contributed by atoms with Crippen LogP contribution < -0.4 is 0 Å². The summed E-state index contributed by atoms with van der Waals surface area (Å²) in [7, 11) is 0. The van der Waals surface area contributed by atoms with Crippen molar-refractivity contribution in [3.05, 3.63) is 107 Å². The van der Waals surface area contributed by atoms with Gasteiger partial charge in [0.15, 0.2) is 0 Å². The first kappa shape index (κ1) is 21.5. The van der Waals surface area contributed by atoms with E-state index in [1.54, 1.807) is 0 Å². The lowest BCUT2D eigenvalue weighted by Gasteiger charge is -2.17. The van der Waals surface area contributed by atoms with E-state index in [9.17, 15) is 0 Å². The lowest BCUT2D eigenvalue weighted by Crippen LogP contribution is -2.02. The zero-order valence-corrected chi connectivity index (χ0v) is 19.5. The molecule has 0 atom stereocenters. The molecule has 0 nitrogen and oxygen atoms in total. The second-order valence-electron chi connectivity index (χ2n) is 9.18. The number of fused-ring (bicyclic) bond motifs is 2. The first-order valence-corrected chi connectivity index (χ1v) is 12.4. The molecule has 0 heterocycles. The van der Waals surface area contributed by atoms with E-state index >= 15 is 0 Å². The van der Waals surface area contributed by atoms with Gasteiger partial charge in [0.25, 0.3) is 0 Å². The molecule has 0 amide bonds. The third kappa shape index (κ3) is 4.71. The fourth-order valence-electron chi connectivity index (χ4n) is 5.22. The molecule has 1 fully saturated rings. The molecule has 0 unspecified atom stereocenters. The summed E-state index contributed by atoms with van der Waals surface area (Å²) in [5.74, 6) is 0.738. The van der Waals surface area contributed by atoms with Crippen molar-refractivity contribution in [1.82, 2.24) is 0 Å². The maximum Gasteiger partial charge on any atom is -0.0105 e. The summed E-state index contributed by atoms with van der Waals surface area (Å²) in [4.78, 5) is 0. The van der Waals surface area contributed by atoms with Gasteiger partial charge in [-0.15, -0.1) is 0 Å². The summed E-state index contributed by atoms with van der Waals surface area (Å²) in [5, 5.41) is 0. The highest BCUT2D eigenvalue weighted by Gasteiger charge is 2.15. The van der Waals surface area contributed by atoms with Crippen LogP contribution in [0.5, 0.6) is 0 Å². The van der Waals surface area contributed by atoms with E-state index in [2.05, 4.69) is 116 Å². The molecular weight excluding hydrogens is 396 g/mol. The van der Waals surface area contributed by atoms with Gasteiger partial charge in [-0.05, 0) is 82.3 Å². The van der Waals surface area contributed by atoms with Gasteiger partial charge in [0.1, 0.15) is 0 Å². The zero-order valence-electron chi connectivity index (χ0n) is 19.5. The van der Waals surface area contributed by atoms with E-state index < -0.39 is 0 Å². The molecule has 0 aromatic rings. The van der Waals surface area contributed by atoms with Crippen LogP contribution in [0.2, 0.25) is 0 Å². The average Bonchev–Trinajstić information content (AvgIpc) is 3.09. The molecule has 33 heavy (non-hydrogen) atoms. The molecule has 0 aliphatic heterocycles. The van der Waals surface area contributed by atoms with Crippen molar-refractivity contribution in [3.8, 4) is 22.3 Å². The Balaban J connectivity index is 1.52. The lowest BCUT2D eigenvalue weighted by molar-refractivity contribution is 0.420. The summed E-state index contributed by atoms with van der Waals surface area (Å²) < 4.78 is 0. The highest BCUT2D eigenvalue weighted by Crippen LogP contribution is 2.37. The third-order valence-corrected chi connectivity index (χ3v) is 6.93. The van der Waals surface area contributed by atoms with Gasteiger partial charge in [-0.25, -0.2) is 0 Å². The molecule has 0 spiro atoms. The van der Waals surface area contributed by atoms with Gasteiger partial charge in [-0.2, -0.15) is 0 Å². The third-order valence-electron chi connectivity index (χ3n) is 6.93. The molecule has 5 rings (SSSR count). The highest BCUT2D eigenvalue weighted by molar-refractivity contribution is 5.93. The van der Waals surface area contributed by atoms with Crippen LogP contribution in [0.25, 0.3) is 46.6 Å². The molecular formula is C33H32. The van der Waals surface area contributed by atoms with Crippen molar-refractivity contribution in [2.75, 3.05) is 0 Å². The largest absolute Gasteiger partial charge is 0.0870 e. The van der Waals surface area contributed by atoms with Crippen LogP contribution in [-0.2, 0) is 0 Å². The quantitative estimate of drug-likeness (QED) is 0.297. The summed E-state index contributed by atoms with van der Waals surface area (Å²) >= 11 is 0. The van der Waals surface area contributed by atoms with Gasteiger partial charge in [0.05, 0.1) is 0 Å². The first-order valence-electron chi connectivity index (χ1n) is 12.4. The number of hydrogen-bond acceptors (Lipinski definition) is 0. The molecule has 164 valence electrons. The Morgan fingerprint density at radius 3 is 1.48 bits per heavy atom. The van der Waals surface area contributed by atoms with Crippen LogP contribution in [0.3, 0.4) is 0 Å². The second-order valence-corrected chi connectivity index (χ2v) is 9.18. The minimum atomic E-state index is 0.738. The van der Waals surface area contributed by atoms with E-state index in [1.165, 1.54) is 76.6 Å². The fourth-order valence-corrected chi connectivity index (χ4v) is 5.22. The predicted molar refractivity (Wildman–Crippen MR) is 145 cm³/mol. The molecule has 1 saturated carbocycles. The van der Waals surface area contributed by atoms with Crippen LogP contribution in [0.4, 0.5) is 0 Å². The highest BCUT2D eigenvalue weighted by atomic mass is 14.2. The standard InChI is InChI=1S/C33H32/c1-2-12-26-23-28(32-17-10-4-8-15-30(26)32)21-22-29-24-27(20-19-25-13-6-3-7-14-25)31-16-9-5-11-18-33(29)31/h2,4-5,8-12,15-25H,3,6-7,13-14H2,1H3/b12-2+,20-19+,22-21+. The molecule has 0 aromatic heterocycles. The molecule has 0 radical (unpaired) electrons. The molecule has 0 saturated heterocycles. The Bertz CT molecular complexity index is 1250. The van der Waals surface area contributed by atoms with E-state index in [-0.39, 0.29) is 0 Å². The summed E-state index contributed by atoms with van der Waals surface area (Å²) in [6.45, 7) is 2.08. The van der Waals surface area contributed by atoms with Gasteiger partial charge in [-0.3, -0.25) is 0 Å². The monoisotopic (exact) mass is 428 g/mol. The van der Waals surface area contributed by atoms with Crippen molar-refractivity contribution in [2.24, 2.45) is 5.92 Å². The topological polar surface area (TPSA) is 0 Å². The molecule has 0 bridgehead atoms. The molecule has 0 heteroatoms. The minimum absolute atomic E-state index is 0.738. The number of rotatable bonds is 5. The van der Waals surface area contributed by atoms with Gasteiger partial charge in [0, 0.05) is 0 Å². The number of allylic oxidation sites excluding steroid dienone is 2. The Labute approximate surface area is 198 Å². The van der Waals surface area contributed by atoms with Crippen molar-refractivity contribution >= 4 is 24.3 Å². The molecule has 5 aliphatic carbocycles. The van der Waals surface area contributed by atoms with Gasteiger partial charge in [-0.1, -0.05) is 116 Å². The maximum atomic E-state index is 2.46. The SMILES string of the molecule is C/C=C/c1cc(/C=C/c2cc(/C=C/C3CCCCC3)c3cccccc2-3)c2cccccc1-2. The van der Waals surface area contributed by atoms with E-state index in [0.29, 0.717) is 0 Å². The maximum absolute atomic E-state index is 2.46. The van der Waals surface area contributed by atoms with Crippen LogP contribution in [0, 0.1) is 5.92 Å². The van der Waals surface area contributed by atoms with Crippen molar-refractivity contribution in [2.45, 2.75) is 39.0 Å². The second kappa shape index (κ2) is 10.0. The number of hydrogen-bond donors (Lipinski definition) is 0. The van der Waals surface area contributed by atoms with Crippen LogP contribution >= 0.6 is 0 Å². The predicted octanol–water partition coefficient (Wildman–Crippen LogP) is 9.69. The molecule has 5 aliphatic rings.